The number of amides is 1. The highest BCUT2D eigenvalue weighted by Crippen LogP contribution is 2.19. The highest BCUT2D eigenvalue weighted by molar-refractivity contribution is 6.41. The number of hydrogen-bond acceptors (Lipinski definition) is 4. The maximum absolute atomic E-state index is 12.0. The van der Waals surface area contributed by atoms with Crippen LogP contribution < -0.4 is 5.43 Å². The van der Waals surface area contributed by atoms with Gasteiger partial charge in [-0.2, -0.15) is 5.10 Å². The van der Waals surface area contributed by atoms with Gasteiger partial charge in [-0.15, -0.1) is 0 Å². The fourth-order valence-electron chi connectivity index (χ4n) is 2.08. The number of benzene rings is 2. The lowest BCUT2D eigenvalue weighted by Gasteiger charge is -1.95. The molecular weight excluding hydrogens is 338 g/mol. The van der Waals surface area contributed by atoms with Gasteiger partial charge < -0.3 is 4.52 Å². The Labute approximate surface area is 149 Å². The van der Waals surface area contributed by atoms with Crippen molar-refractivity contribution in [3.05, 3.63) is 83.0 Å². The van der Waals surface area contributed by atoms with Gasteiger partial charge in [-0.3, -0.25) is 4.79 Å². The van der Waals surface area contributed by atoms with Crippen LogP contribution in [-0.4, -0.2) is 17.3 Å². The molecule has 0 spiro atoms. The molecule has 0 fully saturated rings. The van der Waals surface area contributed by atoms with E-state index in [4.69, 9.17) is 16.1 Å². The highest BCUT2D eigenvalue weighted by Gasteiger charge is 2.12. The Morgan fingerprint density at radius 1 is 1.08 bits per heavy atom. The lowest BCUT2D eigenvalue weighted by atomic mass is 10.1. The standard InChI is InChI=1S/C19H14ClN3O2/c20-16(11-14-7-3-1-4-8-14)13-21-22-19(24)17-12-18(25-23-17)15-9-5-2-6-10-15/h1-13H,(H,22,24)/b16-11-,21-13?. The Kier molecular flexibility index (Phi) is 5.39. The van der Waals surface area contributed by atoms with Gasteiger partial charge in [0.1, 0.15) is 0 Å². The van der Waals surface area contributed by atoms with E-state index < -0.39 is 5.91 Å². The summed E-state index contributed by atoms with van der Waals surface area (Å²) in [6, 6.07) is 20.5. The van der Waals surface area contributed by atoms with Gasteiger partial charge in [0, 0.05) is 11.6 Å². The van der Waals surface area contributed by atoms with Gasteiger partial charge in [0.15, 0.2) is 11.5 Å². The minimum atomic E-state index is -0.480. The first kappa shape index (κ1) is 16.7. The molecule has 124 valence electrons. The molecule has 0 radical (unpaired) electrons. The zero-order valence-electron chi connectivity index (χ0n) is 13.1. The third-order valence-corrected chi connectivity index (χ3v) is 3.47. The van der Waals surface area contributed by atoms with Gasteiger partial charge in [0.05, 0.1) is 11.2 Å². The molecule has 3 aromatic rings. The van der Waals surface area contributed by atoms with Crippen LogP contribution in [0, 0.1) is 0 Å². The highest BCUT2D eigenvalue weighted by atomic mass is 35.5. The number of hydrogen-bond donors (Lipinski definition) is 1. The first-order valence-corrected chi connectivity index (χ1v) is 7.88. The van der Waals surface area contributed by atoms with Crippen molar-refractivity contribution in [2.24, 2.45) is 5.10 Å². The summed E-state index contributed by atoms with van der Waals surface area (Å²) in [7, 11) is 0. The van der Waals surface area contributed by atoms with Crippen LogP contribution in [-0.2, 0) is 0 Å². The Morgan fingerprint density at radius 2 is 1.76 bits per heavy atom. The number of nitrogens with one attached hydrogen (secondary N) is 1. The third-order valence-electron chi connectivity index (χ3n) is 3.26. The summed E-state index contributed by atoms with van der Waals surface area (Å²) in [4.78, 5) is 12.0. The van der Waals surface area contributed by atoms with Crippen molar-refractivity contribution in [1.82, 2.24) is 10.6 Å². The molecule has 0 saturated heterocycles. The smallest absolute Gasteiger partial charge is 0.293 e. The monoisotopic (exact) mass is 351 g/mol. The number of carbonyl (C=O) groups is 1. The molecule has 0 unspecified atom stereocenters. The number of allylic oxidation sites excluding steroid dienone is 1. The first-order valence-electron chi connectivity index (χ1n) is 7.50. The molecule has 2 aromatic carbocycles. The van der Waals surface area contributed by atoms with Crippen LogP contribution in [0.25, 0.3) is 17.4 Å². The minimum absolute atomic E-state index is 0.138. The molecule has 1 amide bonds. The fraction of sp³-hybridized carbons (Fsp3) is 0. The van der Waals surface area contributed by atoms with Gasteiger partial charge in [0.2, 0.25) is 0 Å². The van der Waals surface area contributed by atoms with E-state index in [2.05, 4.69) is 15.7 Å². The summed E-state index contributed by atoms with van der Waals surface area (Å²) in [5.41, 5.74) is 4.28. The van der Waals surface area contributed by atoms with Crippen molar-refractivity contribution in [2.45, 2.75) is 0 Å². The molecular formula is C19H14ClN3O2. The lowest BCUT2D eigenvalue weighted by Crippen LogP contribution is -2.17. The quantitative estimate of drug-likeness (QED) is 0.549. The summed E-state index contributed by atoms with van der Waals surface area (Å²) in [5.74, 6) is 0.0306. The van der Waals surface area contributed by atoms with Crippen LogP contribution in [0.3, 0.4) is 0 Å². The second-order valence-electron chi connectivity index (χ2n) is 5.08. The summed E-state index contributed by atoms with van der Waals surface area (Å²) < 4.78 is 5.18. The van der Waals surface area contributed by atoms with E-state index >= 15 is 0 Å². The molecule has 0 aliphatic heterocycles. The minimum Gasteiger partial charge on any atom is -0.355 e. The van der Waals surface area contributed by atoms with Crippen LogP contribution in [0.15, 0.2) is 81.4 Å². The number of hydrazone groups is 1. The molecule has 1 N–H and O–H groups in total. The van der Waals surface area contributed by atoms with Gasteiger partial charge in [-0.25, -0.2) is 5.43 Å². The predicted octanol–water partition coefficient (Wildman–Crippen LogP) is 4.34. The fourth-order valence-corrected chi connectivity index (χ4v) is 2.25. The van der Waals surface area contributed by atoms with E-state index in [9.17, 15) is 4.79 Å². The summed E-state index contributed by atoms with van der Waals surface area (Å²) in [6.07, 6.45) is 3.09. The lowest BCUT2D eigenvalue weighted by molar-refractivity contribution is 0.0946. The van der Waals surface area contributed by atoms with Crippen LogP contribution >= 0.6 is 11.6 Å². The third kappa shape index (κ3) is 4.65. The number of carbonyl (C=O) groups excluding carboxylic acids is 1. The molecule has 0 bridgehead atoms. The Morgan fingerprint density at radius 3 is 2.48 bits per heavy atom. The van der Waals surface area contributed by atoms with Crippen LogP contribution in [0.2, 0.25) is 0 Å². The normalized spacial score (nSPS) is 11.6. The van der Waals surface area contributed by atoms with Crippen molar-refractivity contribution >= 4 is 29.8 Å². The van der Waals surface area contributed by atoms with Crippen molar-refractivity contribution in [1.29, 1.82) is 0 Å². The molecule has 6 heteroatoms. The molecule has 5 nitrogen and oxygen atoms in total. The SMILES string of the molecule is O=C(NN=C/C(Cl)=C/c1ccccc1)c1cc(-c2ccccc2)on1. The Bertz CT molecular complexity index is 903. The van der Waals surface area contributed by atoms with E-state index in [0.29, 0.717) is 10.8 Å². The van der Waals surface area contributed by atoms with E-state index in [0.717, 1.165) is 11.1 Å². The maximum atomic E-state index is 12.0. The molecule has 0 atom stereocenters. The van der Waals surface area contributed by atoms with Crippen LogP contribution in [0.5, 0.6) is 0 Å². The second-order valence-corrected chi connectivity index (χ2v) is 5.52. The molecule has 3 rings (SSSR count). The predicted molar refractivity (Wildman–Crippen MR) is 98.2 cm³/mol. The van der Waals surface area contributed by atoms with Crippen molar-refractivity contribution in [3.8, 4) is 11.3 Å². The number of rotatable bonds is 5. The second kappa shape index (κ2) is 8.08. The first-order chi connectivity index (χ1) is 12.2. The summed E-state index contributed by atoms with van der Waals surface area (Å²) in [5, 5.41) is 7.95. The number of aromatic nitrogens is 1. The van der Waals surface area contributed by atoms with Gasteiger partial charge in [0.25, 0.3) is 5.91 Å². The Hall–Kier alpha value is -3.18. The summed E-state index contributed by atoms with van der Waals surface area (Å²) >= 11 is 6.06. The van der Waals surface area contributed by atoms with Gasteiger partial charge in [-0.05, 0) is 11.6 Å². The zero-order valence-corrected chi connectivity index (χ0v) is 13.9. The molecule has 0 aliphatic carbocycles. The maximum Gasteiger partial charge on any atom is 0.293 e. The van der Waals surface area contributed by atoms with Gasteiger partial charge >= 0.3 is 0 Å². The Balaban J connectivity index is 1.61. The summed E-state index contributed by atoms with van der Waals surface area (Å²) in [6.45, 7) is 0. The van der Waals surface area contributed by atoms with E-state index in [1.165, 1.54) is 6.21 Å². The topological polar surface area (TPSA) is 67.5 Å². The van der Waals surface area contributed by atoms with Crippen molar-refractivity contribution in [2.75, 3.05) is 0 Å². The molecule has 0 aliphatic rings. The van der Waals surface area contributed by atoms with E-state index in [1.807, 2.05) is 60.7 Å². The largest absolute Gasteiger partial charge is 0.355 e. The van der Waals surface area contributed by atoms with Crippen molar-refractivity contribution < 1.29 is 9.32 Å². The van der Waals surface area contributed by atoms with E-state index in [1.54, 1.807) is 12.1 Å². The average molecular weight is 352 g/mol. The number of nitrogens with zero attached hydrogens (tertiary/aromatic N) is 2. The van der Waals surface area contributed by atoms with Crippen LogP contribution in [0.1, 0.15) is 16.1 Å². The molecule has 25 heavy (non-hydrogen) atoms. The molecule has 1 aromatic heterocycles. The van der Waals surface area contributed by atoms with E-state index in [-0.39, 0.29) is 5.69 Å². The van der Waals surface area contributed by atoms with Crippen molar-refractivity contribution in [3.63, 3.8) is 0 Å². The van der Waals surface area contributed by atoms with Crippen LogP contribution in [0.4, 0.5) is 0 Å². The van der Waals surface area contributed by atoms with Gasteiger partial charge in [-0.1, -0.05) is 77.4 Å². The number of halogens is 1. The zero-order chi connectivity index (χ0) is 17.5. The molecule has 1 heterocycles. The average Bonchev–Trinajstić information content (AvgIpc) is 3.13. The molecule has 0 saturated carbocycles.